The standard InChI is InChI=1S/C17H24N4O3/c1-11(19-12-7-8-12)15-13-5-3-6-14(24-2)16(13)21(20-15)10-4-9-18-17(22)23/h3,5-6,11-12,18-19H,4,7-10H2,1-2H3,(H,22,23). The third kappa shape index (κ3) is 3.62. The Labute approximate surface area is 141 Å². The molecular weight excluding hydrogens is 308 g/mol. The molecule has 3 rings (SSSR count). The number of benzene rings is 1. The van der Waals surface area contributed by atoms with Crippen LogP contribution in [0.5, 0.6) is 5.75 Å². The quantitative estimate of drug-likeness (QED) is 0.647. The number of carboxylic acid groups (broad SMARTS) is 1. The van der Waals surface area contributed by atoms with Gasteiger partial charge in [-0.15, -0.1) is 0 Å². The van der Waals surface area contributed by atoms with E-state index in [4.69, 9.17) is 14.9 Å². The molecule has 7 heteroatoms. The van der Waals surface area contributed by atoms with Gasteiger partial charge in [0.15, 0.2) is 0 Å². The fraction of sp³-hybridized carbons (Fsp3) is 0.529. The molecule has 1 aliphatic rings. The molecule has 1 unspecified atom stereocenters. The van der Waals surface area contributed by atoms with Gasteiger partial charge >= 0.3 is 6.09 Å². The number of carbonyl (C=O) groups is 1. The molecule has 130 valence electrons. The number of nitrogens with zero attached hydrogens (tertiary/aromatic N) is 2. The summed E-state index contributed by atoms with van der Waals surface area (Å²) in [4.78, 5) is 10.6. The highest BCUT2D eigenvalue weighted by molar-refractivity contribution is 5.87. The Hall–Kier alpha value is -2.28. The van der Waals surface area contributed by atoms with Crippen molar-refractivity contribution in [1.29, 1.82) is 0 Å². The van der Waals surface area contributed by atoms with Gasteiger partial charge in [-0.2, -0.15) is 5.10 Å². The predicted octanol–water partition coefficient (Wildman–Crippen LogP) is 2.52. The molecule has 1 aliphatic carbocycles. The molecule has 0 spiro atoms. The van der Waals surface area contributed by atoms with Crippen LogP contribution in [0.2, 0.25) is 0 Å². The minimum atomic E-state index is -0.999. The van der Waals surface area contributed by atoms with Gasteiger partial charge in [0.05, 0.1) is 12.8 Å². The summed E-state index contributed by atoms with van der Waals surface area (Å²) >= 11 is 0. The first-order valence-corrected chi connectivity index (χ1v) is 8.36. The molecule has 1 saturated carbocycles. The minimum Gasteiger partial charge on any atom is -0.494 e. The van der Waals surface area contributed by atoms with E-state index < -0.39 is 6.09 Å². The van der Waals surface area contributed by atoms with E-state index in [2.05, 4.69) is 23.6 Å². The average molecular weight is 332 g/mol. The van der Waals surface area contributed by atoms with Crippen molar-refractivity contribution in [2.24, 2.45) is 0 Å². The van der Waals surface area contributed by atoms with Crippen LogP contribution in [0, 0.1) is 0 Å². The van der Waals surface area contributed by atoms with E-state index >= 15 is 0 Å². The summed E-state index contributed by atoms with van der Waals surface area (Å²) < 4.78 is 7.44. The van der Waals surface area contributed by atoms with Crippen molar-refractivity contribution in [2.75, 3.05) is 13.7 Å². The van der Waals surface area contributed by atoms with Crippen molar-refractivity contribution in [1.82, 2.24) is 20.4 Å². The zero-order chi connectivity index (χ0) is 17.1. The van der Waals surface area contributed by atoms with Crippen LogP contribution in [0.1, 0.15) is 37.9 Å². The van der Waals surface area contributed by atoms with Gasteiger partial charge in [-0.05, 0) is 32.3 Å². The van der Waals surface area contributed by atoms with Gasteiger partial charge in [-0.1, -0.05) is 12.1 Å². The van der Waals surface area contributed by atoms with Crippen LogP contribution in [0.25, 0.3) is 10.9 Å². The summed E-state index contributed by atoms with van der Waals surface area (Å²) in [5.41, 5.74) is 1.98. The van der Waals surface area contributed by atoms with Crippen LogP contribution >= 0.6 is 0 Å². The smallest absolute Gasteiger partial charge is 0.404 e. The average Bonchev–Trinajstić information content (AvgIpc) is 3.29. The van der Waals surface area contributed by atoms with E-state index in [1.54, 1.807) is 7.11 Å². The Kier molecular flexibility index (Phi) is 4.89. The molecule has 1 heterocycles. The predicted molar refractivity (Wildman–Crippen MR) is 91.5 cm³/mol. The third-order valence-electron chi connectivity index (χ3n) is 4.28. The highest BCUT2D eigenvalue weighted by Gasteiger charge is 2.26. The van der Waals surface area contributed by atoms with Gasteiger partial charge in [0.2, 0.25) is 0 Å². The highest BCUT2D eigenvalue weighted by Crippen LogP contribution is 2.32. The van der Waals surface area contributed by atoms with Crippen LogP contribution < -0.4 is 15.4 Å². The van der Waals surface area contributed by atoms with Gasteiger partial charge in [0, 0.05) is 30.6 Å². The van der Waals surface area contributed by atoms with Gasteiger partial charge in [-0.3, -0.25) is 4.68 Å². The van der Waals surface area contributed by atoms with Crippen LogP contribution in [0.4, 0.5) is 4.79 Å². The maximum absolute atomic E-state index is 10.6. The first-order chi connectivity index (χ1) is 11.6. The van der Waals surface area contributed by atoms with Crippen LogP contribution in [-0.2, 0) is 6.54 Å². The molecule has 1 atom stereocenters. The summed E-state index contributed by atoms with van der Waals surface area (Å²) in [5.74, 6) is 0.788. The van der Waals surface area contributed by atoms with E-state index in [-0.39, 0.29) is 6.04 Å². The summed E-state index contributed by atoms with van der Waals surface area (Å²) in [6.07, 6.45) is 2.13. The summed E-state index contributed by atoms with van der Waals surface area (Å²) in [5, 5.41) is 20.5. The first kappa shape index (κ1) is 16.6. The molecule has 7 nitrogen and oxygen atoms in total. The number of methoxy groups -OCH3 is 1. The van der Waals surface area contributed by atoms with Crippen molar-refractivity contribution in [3.63, 3.8) is 0 Å². The Bertz CT molecular complexity index is 724. The van der Waals surface area contributed by atoms with E-state index in [9.17, 15) is 4.79 Å². The number of para-hydroxylation sites is 1. The lowest BCUT2D eigenvalue weighted by Crippen LogP contribution is -2.23. The van der Waals surface area contributed by atoms with Gasteiger partial charge in [-0.25, -0.2) is 4.79 Å². The second kappa shape index (κ2) is 7.09. The van der Waals surface area contributed by atoms with Gasteiger partial charge < -0.3 is 20.5 Å². The molecule has 24 heavy (non-hydrogen) atoms. The summed E-state index contributed by atoms with van der Waals surface area (Å²) in [7, 11) is 1.66. The fourth-order valence-electron chi connectivity index (χ4n) is 2.98. The van der Waals surface area contributed by atoms with Crippen molar-refractivity contribution >= 4 is 17.0 Å². The van der Waals surface area contributed by atoms with Crippen LogP contribution in [-0.4, -0.2) is 40.7 Å². The van der Waals surface area contributed by atoms with E-state index in [0.29, 0.717) is 25.6 Å². The summed E-state index contributed by atoms with van der Waals surface area (Å²) in [6, 6.07) is 6.75. The number of hydrogen-bond acceptors (Lipinski definition) is 4. The molecule has 3 N–H and O–H groups in total. The first-order valence-electron chi connectivity index (χ1n) is 8.36. The lowest BCUT2D eigenvalue weighted by Gasteiger charge is -2.10. The number of amides is 1. The lowest BCUT2D eigenvalue weighted by molar-refractivity contribution is 0.194. The van der Waals surface area contributed by atoms with E-state index in [1.807, 2.05) is 16.8 Å². The number of aryl methyl sites for hydroxylation is 1. The second-order valence-electron chi connectivity index (χ2n) is 6.21. The number of fused-ring (bicyclic) bond motifs is 1. The van der Waals surface area contributed by atoms with Crippen molar-refractivity contribution < 1.29 is 14.6 Å². The molecule has 0 aliphatic heterocycles. The largest absolute Gasteiger partial charge is 0.494 e. The van der Waals surface area contributed by atoms with Crippen molar-refractivity contribution in [3.8, 4) is 5.75 Å². The Balaban J connectivity index is 1.86. The van der Waals surface area contributed by atoms with Gasteiger partial charge in [0.1, 0.15) is 11.3 Å². The maximum Gasteiger partial charge on any atom is 0.404 e. The Morgan fingerprint density at radius 2 is 2.29 bits per heavy atom. The molecule has 1 aromatic heterocycles. The number of hydrogen-bond donors (Lipinski definition) is 3. The lowest BCUT2D eigenvalue weighted by atomic mass is 10.1. The maximum atomic E-state index is 10.6. The normalized spacial score (nSPS) is 15.4. The van der Waals surface area contributed by atoms with Crippen molar-refractivity contribution in [2.45, 2.75) is 44.8 Å². The fourth-order valence-corrected chi connectivity index (χ4v) is 2.98. The van der Waals surface area contributed by atoms with E-state index in [1.165, 1.54) is 12.8 Å². The SMILES string of the molecule is COc1cccc2c(C(C)NC3CC3)nn(CCCNC(=O)O)c12. The van der Waals surface area contributed by atoms with Crippen LogP contribution in [0.15, 0.2) is 18.2 Å². The molecule has 0 saturated heterocycles. The monoisotopic (exact) mass is 332 g/mol. The third-order valence-corrected chi connectivity index (χ3v) is 4.28. The van der Waals surface area contributed by atoms with Gasteiger partial charge in [0.25, 0.3) is 0 Å². The topological polar surface area (TPSA) is 88.4 Å². The second-order valence-corrected chi connectivity index (χ2v) is 6.21. The van der Waals surface area contributed by atoms with Crippen LogP contribution in [0.3, 0.4) is 0 Å². The highest BCUT2D eigenvalue weighted by atomic mass is 16.5. The Morgan fingerprint density at radius 3 is 2.96 bits per heavy atom. The minimum absolute atomic E-state index is 0.172. The van der Waals surface area contributed by atoms with E-state index in [0.717, 1.165) is 22.3 Å². The Morgan fingerprint density at radius 1 is 1.50 bits per heavy atom. The molecule has 1 fully saturated rings. The molecule has 1 aromatic carbocycles. The van der Waals surface area contributed by atoms with Crippen molar-refractivity contribution in [3.05, 3.63) is 23.9 Å². The number of nitrogens with one attached hydrogen (secondary N) is 2. The molecular formula is C17H24N4O3. The summed E-state index contributed by atoms with van der Waals surface area (Å²) in [6.45, 7) is 3.17. The zero-order valence-corrected chi connectivity index (χ0v) is 14.1. The molecule has 1 amide bonds. The molecule has 0 radical (unpaired) electrons. The molecule has 2 aromatic rings. The number of rotatable bonds is 8. The number of aromatic nitrogens is 2. The number of ether oxygens (including phenoxy) is 1. The zero-order valence-electron chi connectivity index (χ0n) is 14.1. The molecule has 0 bridgehead atoms.